The van der Waals surface area contributed by atoms with Gasteiger partial charge >= 0.3 is 253 Å². The van der Waals surface area contributed by atoms with E-state index in [2.05, 4.69) is 169 Å². The molecule has 0 spiro atoms. The van der Waals surface area contributed by atoms with Gasteiger partial charge in [0.15, 0.2) is 0 Å². The molecule has 0 unspecified atom stereocenters. The van der Waals surface area contributed by atoms with Gasteiger partial charge in [0.2, 0.25) is 0 Å². The number of pyridine rings is 1. The summed E-state index contributed by atoms with van der Waals surface area (Å²) in [4.78, 5) is 9.43. The van der Waals surface area contributed by atoms with E-state index in [1.165, 1.54) is 25.7 Å². The molecule has 7 aromatic rings. The van der Waals surface area contributed by atoms with Gasteiger partial charge in [-0.1, -0.05) is 20.8 Å². The minimum absolute atomic E-state index is 0. The number of fused-ring (bicyclic) bond motifs is 5. The van der Waals surface area contributed by atoms with Crippen LogP contribution < -0.4 is 23.3 Å². The van der Waals surface area contributed by atoms with E-state index in [0.29, 0.717) is 11.5 Å². The Hall–Kier alpha value is -4.32. The van der Waals surface area contributed by atoms with Gasteiger partial charge in [0, 0.05) is 21.1 Å². The molecule has 5 nitrogen and oxygen atoms in total. The summed E-state index contributed by atoms with van der Waals surface area (Å²) in [6.45, 7) is 8.89. The van der Waals surface area contributed by atoms with Crippen molar-refractivity contribution < 1.29 is 25.8 Å². The van der Waals surface area contributed by atoms with Crippen molar-refractivity contribution >= 4 is 66.6 Å². The van der Waals surface area contributed by atoms with Crippen molar-refractivity contribution in [1.29, 1.82) is 0 Å². The first kappa shape index (κ1) is 31.9. The molecule has 0 amide bonds. The van der Waals surface area contributed by atoms with Gasteiger partial charge < -0.3 is 0 Å². The number of para-hydroxylation sites is 3. The molecule has 49 heavy (non-hydrogen) atoms. The van der Waals surface area contributed by atoms with Crippen LogP contribution in [0, 0.1) is 18.8 Å². The second kappa shape index (κ2) is 11.6. The van der Waals surface area contributed by atoms with Crippen LogP contribution in [-0.4, -0.2) is 22.8 Å². The zero-order valence-corrected chi connectivity index (χ0v) is 32.4. The number of hydrogen-bond donors (Lipinski definition) is 0. The zero-order chi connectivity index (χ0) is 32.8. The molecule has 4 heterocycles. The molecule has 0 saturated carbocycles. The van der Waals surface area contributed by atoms with E-state index in [1.54, 1.807) is 0 Å². The van der Waals surface area contributed by atoms with E-state index >= 15 is 0 Å². The van der Waals surface area contributed by atoms with E-state index in [4.69, 9.17) is 9.72 Å². The van der Waals surface area contributed by atoms with Crippen LogP contribution in [0.2, 0.25) is 11.5 Å². The van der Waals surface area contributed by atoms with Crippen LogP contribution >= 0.6 is 0 Å². The number of aromatic nitrogens is 2. The van der Waals surface area contributed by atoms with Gasteiger partial charge in [0.1, 0.15) is 0 Å². The molecule has 5 aromatic carbocycles. The maximum atomic E-state index is 6.62. The van der Waals surface area contributed by atoms with Crippen molar-refractivity contribution in [1.82, 2.24) is 9.55 Å². The van der Waals surface area contributed by atoms with Crippen molar-refractivity contribution in [2.45, 2.75) is 37.7 Å². The molecule has 0 N–H and O–H groups in total. The molecule has 9 rings (SSSR count). The van der Waals surface area contributed by atoms with Crippen LogP contribution in [0.3, 0.4) is 0 Å². The second-order valence-electron chi connectivity index (χ2n) is 14.3. The van der Waals surface area contributed by atoms with Gasteiger partial charge in [-0.15, -0.1) is 0 Å². The third-order valence-electron chi connectivity index (χ3n) is 9.88. The minimum atomic E-state index is -2.65. The number of benzene rings is 5. The number of nitrogens with zero attached hydrogens (tertiary/aromatic N) is 4. The molecule has 246 valence electrons. The van der Waals surface area contributed by atoms with Crippen molar-refractivity contribution in [3.05, 3.63) is 140 Å². The molecule has 0 atom stereocenters. The van der Waals surface area contributed by atoms with Crippen molar-refractivity contribution in [2.75, 3.05) is 9.80 Å². The largest absolute Gasteiger partial charge is 0 e. The molecule has 0 radical (unpaired) electrons. The molecule has 2 aliphatic rings. The Morgan fingerprint density at radius 1 is 0.735 bits per heavy atom. The van der Waals surface area contributed by atoms with Crippen LogP contribution in [0.15, 0.2) is 115 Å². The third kappa shape index (κ3) is 5.04. The van der Waals surface area contributed by atoms with Gasteiger partial charge in [0.05, 0.1) is 0 Å². The van der Waals surface area contributed by atoms with E-state index in [9.17, 15) is 0 Å². The van der Waals surface area contributed by atoms with E-state index in [-0.39, 0.29) is 26.5 Å². The van der Waals surface area contributed by atoms with E-state index in [1.807, 2.05) is 12.3 Å². The maximum Gasteiger partial charge on any atom is 0 e. The SMILES string of the molecule is CC(C)(C)c1ccnc(-n2c3[c-]c(Oc4[c-]c5[c](cc4)[Ge]([CH3])([CH3])[c]4cccc6c4N5[CH-]N6c4ccccc4)ccc3c3ccccc32)c1.[Pt]. The molecule has 0 aliphatic carbocycles. The zero-order valence-electron chi connectivity index (χ0n) is 28.1. The van der Waals surface area contributed by atoms with Crippen LogP contribution in [0.4, 0.5) is 22.7 Å². The third-order valence-corrected chi connectivity index (χ3v) is 17.2. The fraction of sp³-hybridized carbons (Fsp3) is 0.143. The van der Waals surface area contributed by atoms with E-state index < -0.39 is 13.3 Å². The Balaban J connectivity index is 0.00000348. The van der Waals surface area contributed by atoms with Gasteiger partial charge in [-0.05, 0) is 11.5 Å². The number of anilines is 4. The number of rotatable bonds is 4. The molecule has 2 aromatic heterocycles. The minimum Gasteiger partial charge on any atom is 0 e. The second-order valence-corrected chi connectivity index (χ2v) is 23.3. The van der Waals surface area contributed by atoms with Gasteiger partial charge in [-0.2, -0.15) is 0 Å². The quantitative estimate of drug-likeness (QED) is 0.131. The number of hydrogen-bond acceptors (Lipinski definition) is 4. The number of ether oxygens (including phenoxy) is 1. The summed E-state index contributed by atoms with van der Waals surface area (Å²) >= 11 is -2.65. The summed E-state index contributed by atoms with van der Waals surface area (Å²) in [7, 11) is 0. The predicted molar refractivity (Wildman–Crippen MR) is 200 cm³/mol. The van der Waals surface area contributed by atoms with Crippen LogP contribution in [0.1, 0.15) is 26.3 Å². The first-order valence-corrected chi connectivity index (χ1v) is 22.8. The summed E-state index contributed by atoms with van der Waals surface area (Å²) in [6, 6.07) is 45.9. The Labute approximate surface area is 304 Å². The summed E-state index contributed by atoms with van der Waals surface area (Å²) in [5.74, 6) is 7.15. The van der Waals surface area contributed by atoms with Crippen LogP contribution in [0.25, 0.3) is 27.6 Å². The fourth-order valence-electron chi connectivity index (χ4n) is 7.34. The van der Waals surface area contributed by atoms with Gasteiger partial charge in [-0.25, -0.2) is 0 Å². The Morgan fingerprint density at radius 2 is 1.49 bits per heavy atom. The molecule has 2 aliphatic heterocycles. The summed E-state index contributed by atoms with van der Waals surface area (Å²) in [5, 5.41) is 2.27. The monoisotopic (exact) mass is 880 g/mol. The van der Waals surface area contributed by atoms with Crippen LogP contribution in [-0.2, 0) is 26.5 Å². The molecular weight excluding hydrogens is 844 g/mol. The smallest absolute Gasteiger partial charge is 0 e. The topological polar surface area (TPSA) is 33.5 Å². The maximum absolute atomic E-state index is 6.62. The van der Waals surface area contributed by atoms with Crippen LogP contribution in [0.5, 0.6) is 11.5 Å². The van der Waals surface area contributed by atoms with Crippen molar-refractivity contribution in [2.24, 2.45) is 0 Å². The van der Waals surface area contributed by atoms with Gasteiger partial charge in [0.25, 0.3) is 0 Å². The van der Waals surface area contributed by atoms with E-state index in [0.717, 1.165) is 39.0 Å². The standard InChI is InChI=1S/C42H35GeN4O.Pt/c1-42(2,3)28-22-23-44-40(24-28)47-36-16-10-9-14-32(36)33-20-18-30(25-38(33)47)48-31-19-21-34-39(26-31)46-27-45(29-12-7-6-8-13-29)37-17-11-15-35(41(37)46)43(34,4)5;/h6-24,27H,1-5H3;/q-3;. The Morgan fingerprint density at radius 3 is 2.31 bits per heavy atom. The summed E-state index contributed by atoms with van der Waals surface area (Å²) in [6.07, 6.45) is 1.91. The summed E-state index contributed by atoms with van der Waals surface area (Å²) < 4.78 is 11.7. The first-order valence-electron chi connectivity index (χ1n) is 16.5. The summed E-state index contributed by atoms with van der Waals surface area (Å²) in [5.41, 5.74) is 7.96. The fourth-order valence-corrected chi connectivity index (χ4v) is 13.5. The average Bonchev–Trinajstić information content (AvgIpc) is 3.64. The molecule has 0 bridgehead atoms. The van der Waals surface area contributed by atoms with Crippen molar-refractivity contribution in [3.63, 3.8) is 0 Å². The molecule has 0 saturated heterocycles. The molecular formula is C42H35GeN4OPt-3. The Kier molecular flexibility index (Phi) is 7.58. The predicted octanol–water partition coefficient (Wildman–Crippen LogP) is 9.41. The molecule has 7 heteroatoms. The van der Waals surface area contributed by atoms with Crippen molar-refractivity contribution in [3.8, 4) is 17.3 Å². The molecule has 0 fully saturated rings. The first-order chi connectivity index (χ1) is 23.2. The average molecular weight is 879 g/mol. The Bertz CT molecular complexity index is 2400. The normalized spacial score (nSPS) is 14.5. The van der Waals surface area contributed by atoms with Gasteiger partial charge in [-0.3, -0.25) is 0 Å².